The molecule has 0 aromatic heterocycles. The Kier molecular flexibility index (Phi) is 3.36. The summed E-state index contributed by atoms with van der Waals surface area (Å²) in [5, 5.41) is 0. The first-order valence-electron chi connectivity index (χ1n) is 5.42. The minimum absolute atomic E-state index is 0.403. The Morgan fingerprint density at radius 1 is 1.46 bits per heavy atom. The third-order valence-electron chi connectivity index (χ3n) is 3.20. The summed E-state index contributed by atoms with van der Waals surface area (Å²) in [5.41, 5.74) is 6.12. The van der Waals surface area contributed by atoms with Crippen molar-refractivity contribution in [1.82, 2.24) is 4.90 Å². The van der Waals surface area contributed by atoms with Gasteiger partial charge in [0.25, 0.3) is 0 Å². The maximum Gasteiger partial charge on any atom is 0.0193 e. The van der Waals surface area contributed by atoms with Gasteiger partial charge in [-0.3, -0.25) is 4.90 Å². The Hall–Kier alpha value is -0.0800. The number of hydrogen-bond donors (Lipinski definition) is 1. The molecule has 0 aromatic rings. The van der Waals surface area contributed by atoms with E-state index < -0.39 is 0 Å². The van der Waals surface area contributed by atoms with Gasteiger partial charge in [-0.05, 0) is 31.7 Å². The molecule has 1 aliphatic rings. The highest BCUT2D eigenvalue weighted by Gasteiger charge is 2.35. The van der Waals surface area contributed by atoms with Crippen molar-refractivity contribution in [2.75, 3.05) is 13.1 Å². The minimum Gasteiger partial charge on any atom is -0.329 e. The molecule has 0 amide bonds. The van der Waals surface area contributed by atoms with Gasteiger partial charge in [0.15, 0.2) is 0 Å². The van der Waals surface area contributed by atoms with E-state index >= 15 is 0 Å². The molecular weight excluding hydrogens is 160 g/mol. The number of nitrogens with zero attached hydrogens (tertiary/aromatic N) is 1. The molecule has 2 atom stereocenters. The molecule has 0 aromatic carbocycles. The molecule has 1 fully saturated rings. The Bertz CT molecular complexity index is 160. The van der Waals surface area contributed by atoms with Crippen LogP contribution in [0, 0.1) is 5.41 Å². The van der Waals surface area contributed by atoms with Crippen molar-refractivity contribution in [2.45, 2.75) is 52.6 Å². The molecule has 0 aliphatic carbocycles. The van der Waals surface area contributed by atoms with Gasteiger partial charge in [0.1, 0.15) is 0 Å². The largest absolute Gasteiger partial charge is 0.329 e. The fourth-order valence-corrected chi connectivity index (χ4v) is 2.38. The zero-order valence-corrected chi connectivity index (χ0v) is 9.51. The maximum absolute atomic E-state index is 5.72. The Labute approximate surface area is 82.5 Å². The van der Waals surface area contributed by atoms with Gasteiger partial charge in [0.2, 0.25) is 0 Å². The molecule has 1 rings (SSSR count). The second kappa shape index (κ2) is 3.97. The molecule has 0 saturated carbocycles. The molecule has 2 heteroatoms. The summed E-state index contributed by atoms with van der Waals surface area (Å²) in [4.78, 5) is 2.58. The molecule has 0 bridgehead atoms. The average molecular weight is 184 g/mol. The van der Waals surface area contributed by atoms with Gasteiger partial charge < -0.3 is 5.73 Å². The van der Waals surface area contributed by atoms with E-state index in [4.69, 9.17) is 5.73 Å². The molecule has 2 N–H and O–H groups in total. The molecule has 2 nitrogen and oxygen atoms in total. The normalized spacial score (nSPS) is 27.9. The van der Waals surface area contributed by atoms with Crippen molar-refractivity contribution in [3.8, 4) is 0 Å². The predicted octanol–water partition coefficient (Wildman–Crippen LogP) is 1.84. The molecule has 1 saturated heterocycles. The number of likely N-dealkylation sites (tertiary alicyclic amines) is 1. The van der Waals surface area contributed by atoms with E-state index in [9.17, 15) is 0 Å². The van der Waals surface area contributed by atoms with Crippen LogP contribution in [0.3, 0.4) is 0 Å². The van der Waals surface area contributed by atoms with Gasteiger partial charge in [0, 0.05) is 18.6 Å². The van der Waals surface area contributed by atoms with Crippen molar-refractivity contribution in [1.29, 1.82) is 0 Å². The molecule has 78 valence electrons. The monoisotopic (exact) mass is 184 g/mol. The lowest BCUT2D eigenvalue weighted by molar-refractivity contribution is 0.107. The van der Waals surface area contributed by atoms with E-state index in [1.165, 1.54) is 19.4 Å². The number of nitrogens with two attached hydrogens (primary N) is 1. The number of hydrogen-bond acceptors (Lipinski definition) is 2. The van der Waals surface area contributed by atoms with Crippen LogP contribution in [-0.2, 0) is 0 Å². The van der Waals surface area contributed by atoms with Crippen molar-refractivity contribution in [3.05, 3.63) is 0 Å². The van der Waals surface area contributed by atoms with E-state index in [1.807, 2.05) is 0 Å². The average Bonchev–Trinajstić information content (AvgIpc) is 2.49. The summed E-state index contributed by atoms with van der Waals surface area (Å²) in [6, 6.07) is 1.28. The lowest BCUT2D eigenvalue weighted by Gasteiger charge is -2.38. The van der Waals surface area contributed by atoms with E-state index in [2.05, 4.69) is 32.6 Å². The minimum atomic E-state index is 0.403. The predicted molar refractivity (Wildman–Crippen MR) is 57.7 cm³/mol. The van der Waals surface area contributed by atoms with Crippen LogP contribution in [0.5, 0.6) is 0 Å². The summed E-state index contributed by atoms with van der Waals surface area (Å²) in [6.45, 7) is 11.3. The van der Waals surface area contributed by atoms with Crippen LogP contribution in [0.4, 0.5) is 0 Å². The van der Waals surface area contributed by atoms with Gasteiger partial charge in [-0.2, -0.15) is 0 Å². The fourth-order valence-electron chi connectivity index (χ4n) is 2.38. The van der Waals surface area contributed by atoms with Crippen LogP contribution < -0.4 is 5.73 Å². The SMILES string of the molecule is CC(CN)N1CCCC1C(C)(C)C. The second-order valence-corrected chi connectivity index (χ2v) is 5.35. The Balaban J connectivity index is 2.64. The lowest BCUT2D eigenvalue weighted by Crippen LogP contribution is -2.46. The highest BCUT2D eigenvalue weighted by molar-refractivity contribution is 4.90. The van der Waals surface area contributed by atoms with E-state index in [0.29, 0.717) is 11.5 Å². The third-order valence-corrected chi connectivity index (χ3v) is 3.20. The van der Waals surface area contributed by atoms with Crippen molar-refractivity contribution in [3.63, 3.8) is 0 Å². The molecule has 0 radical (unpaired) electrons. The van der Waals surface area contributed by atoms with Crippen molar-refractivity contribution >= 4 is 0 Å². The van der Waals surface area contributed by atoms with Crippen molar-refractivity contribution < 1.29 is 0 Å². The molecule has 0 spiro atoms. The van der Waals surface area contributed by atoms with E-state index in [0.717, 1.165) is 12.6 Å². The van der Waals surface area contributed by atoms with E-state index in [-0.39, 0.29) is 0 Å². The first-order valence-corrected chi connectivity index (χ1v) is 5.42. The lowest BCUT2D eigenvalue weighted by atomic mass is 9.85. The summed E-state index contributed by atoms with van der Waals surface area (Å²) < 4.78 is 0. The fraction of sp³-hybridized carbons (Fsp3) is 1.00. The summed E-state index contributed by atoms with van der Waals surface area (Å²) in [6.07, 6.45) is 2.68. The zero-order chi connectivity index (χ0) is 10.1. The summed E-state index contributed by atoms with van der Waals surface area (Å²) in [7, 11) is 0. The smallest absolute Gasteiger partial charge is 0.0193 e. The molecule has 2 unspecified atom stereocenters. The quantitative estimate of drug-likeness (QED) is 0.709. The third kappa shape index (κ3) is 2.44. The zero-order valence-electron chi connectivity index (χ0n) is 9.51. The van der Waals surface area contributed by atoms with Gasteiger partial charge in [-0.1, -0.05) is 20.8 Å². The summed E-state index contributed by atoms with van der Waals surface area (Å²) in [5.74, 6) is 0. The van der Waals surface area contributed by atoms with E-state index in [1.54, 1.807) is 0 Å². The first kappa shape index (κ1) is 11.0. The Morgan fingerprint density at radius 2 is 2.08 bits per heavy atom. The molecule has 13 heavy (non-hydrogen) atoms. The highest BCUT2D eigenvalue weighted by Crippen LogP contribution is 2.33. The van der Waals surface area contributed by atoms with Crippen LogP contribution >= 0.6 is 0 Å². The molecular formula is C11H24N2. The van der Waals surface area contributed by atoms with Gasteiger partial charge in [-0.25, -0.2) is 0 Å². The topological polar surface area (TPSA) is 29.3 Å². The maximum atomic E-state index is 5.72. The van der Waals surface area contributed by atoms with Crippen LogP contribution in [0.2, 0.25) is 0 Å². The molecule has 1 aliphatic heterocycles. The van der Waals surface area contributed by atoms with Crippen LogP contribution in [0.1, 0.15) is 40.5 Å². The second-order valence-electron chi connectivity index (χ2n) is 5.35. The van der Waals surface area contributed by atoms with Gasteiger partial charge in [0.05, 0.1) is 0 Å². The standard InChI is InChI=1S/C11H24N2/c1-9(8-12)13-7-5-6-10(13)11(2,3)4/h9-10H,5-8,12H2,1-4H3. The van der Waals surface area contributed by atoms with Crippen LogP contribution in [0.15, 0.2) is 0 Å². The summed E-state index contributed by atoms with van der Waals surface area (Å²) >= 11 is 0. The van der Waals surface area contributed by atoms with Crippen LogP contribution in [0.25, 0.3) is 0 Å². The number of rotatable bonds is 2. The van der Waals surface area contributed by atoms with Crippen LogP contribution in [-0.4, -0.2) is 30.1 Å². The van der Waals surface area contributed by atoms with Crippen molar-refractivity contribution in [2.24, 2.45) is 11.1 Å². The van der Waals surface area contributed by atoms with Gasteiger partial charge >= 0.3 is 0 Å². The first-order chi connectivity index (χ1) is 5.96. The Morgan fingerprint density at radius 3 is 2.54 bits per heavy atom. The molecule has 1 heterocycles. The highest BCUT2D eigenvalue weighted by atomic mass is 15.2. The van der Waals surface area contributed by atoms with Gasteiger partial charge in [-0.15, -0.1) is 0 Å².